The van der Waals surface area contributed by atoms with Crippen molar-refractivity contribution < 1.29 is 4.74 Å². The minimum atomic E-state index is 0.132. The Morgan fingerprint density at radius 1 is 1.14 bits per heavy atom. The first-order valence-electron chi connectivity index (χ1n) is 7.59. The Bertz CT molecular complexity index is 594. The number of hydrogen-bond donors (Lipinski definition) is 1. The molecule has 0 fully saturated rings. The molecule has 0 radical (unpaired) electrons. The van der Waals surface area contributed by atoms with Crippen LogP contribution in [0, 0.1) is 0 Å². The number of fused-ring (bicyclic) bond motifs is 1. The van der Waals surface area contributed by atoms with Crippen molar-refractivity contribution in [2.75, 3.05) is 18.1 Å². The molecule has 2 aromatic carbocycles. The average molecular weight is 282 g/mol. The monoisotopic (exact) mass is 282 g/mol. The van der Waals surface area contributed by atoms with Crippen molar-refractivity contribution in [1.82, 2.24) is 0 Å². The van der Waals surface area contributed by atoms with E-state index in [1.165, 1.54) is 16.8 Å². The summed E-state index contributed by atoms with van der Waals surface area (Å²) >= 11 is 0. The second-order valence-corrected chi connectivity index (χ2v) is 5.48. The second-order valence-electron chi connectivity index (χ2n) is 5.48. The number of anilines is 1. The van der Waals surface area contributed by atoms with Gasteiger partial charge in [-0.3, -0.25) is 0 Å². The predicted molar refractivity (Wildman–Crippen MR) is 86.6 cm³/mol. The van der Waals surface area contributed by atoms with E-state index in [1.54, 1.807) is 0 Å². The van der Waals surface area contributed by atoms with Gasteiger partial charge in [-0.15, -0.1) is 0 Å². The molecule has 1 heterocycles. The van der Waals surface area contributed by atoms with Gasteiger partial charge in [-0.2, -0.15) is 0 Å². The summed E-state index contributed by atoms with van der Waals surface area (Å²) < 4.78 is 5.82. The quantitative estimate of drug-likeness (QED) is 0.936. The molecule has 3 rings (SSSR count). The highest BCUT2D eigenvalue weighted by molar-refractivity contribution is 5.50. The molecule has 3 heteroatoms. The van der Waals surface area contributed by atoms with Crippen LogP contribution in [0.25, 0.3) is 0 Å². The Morgan fingerprint density at radius 3 is 2.67 bits per heavy atom. The molecule has 1 unspecified atom stereocenters. The normalized spacial score (nSPS) is 15.8. The zero-order valence-electron chi connectivity index (χ0n) is 12.5. The van der Waals surface area contributed by atoms with Crippen LogP contribution in [-0.2, 0) is 6.54 Å². The first-order chi connectivity index (χ1) is 10.3. The van der Waals surface area contributed by atoms with Gasteiger partial charge in [0.2, 0.25) is 0 Å². The van der Waals surface area contributed by atoms with E-state index in [4.69, 9.17) is 10.5 Å². The zero-order chi connectivity index (χ0) is 14.7. The number of para-hydroxylation sites is 1. The fraction of sp³-hybridized carbons (Fsp3) is 0.333. The number of hydrogen-bond acceptors (Lipinski definition) is 3. The summed E-state index contributed by atoms with van der Waals surface area (Å²) in [6.07, 6.45) is 0.963. The molecule has 0 amide bonds. The smallest absolute Gasteiger partial charge is 0.124 e. The Labute approximate surface area is 126 Å². The van der Waals surface area contributed by atoms with Gasteiger partial charge in [0.05, 0.1) is 6.54 Å². The molecule has 0 aromatic heterocycles. The van der Waals surface area contributed by atoms with Gasteiger partial charge in [0, 0.05) is 23.8 Å². The van der Waals surface area contributed by atoms with Gasteiger partial charge in [0.1, 0.15) is 12.4 Å². The molecular weight excluding hydrogens is 260 g/mol. The number of rotatable bonds is 3. The highest BCUT2D eigenvalue weighted by Gasteiger charge is 2.15. The van der Waals surface area contributed by atoms with Crippen molar-refractivity contribution in [1.29, 1.82) is 0 Å². The summed E-state index contributed by atoms with van der Waals surface area (Å²) in [6, 6.07) is 17.0. The Morgan fingerprint density at radius 2 is 1.90 bits per heavy atom. The summed E-state index contributed by atoms with van der Waals surface area (Å²) in [7, 11) is 0. The van der Waals surface area contributed by atoms with Crippen LogP contribution in [0.2, 0.25) is 0 Å². The fourth-order valence-corrected chi connectivity index (χ4v) is 2.71. The third-order valence-corrected chi connectivity index (χ3v) is 4.08. The topological polar surface area (TPSA) is 38.5 Å². The summed E-state index contributed by atoms with van der Waals surface area (Å²) in [5.41, 5.74) is 9.74. The summed E-state index contributed by atoms with van der Waals surface area (Å²) in [5.74, 6) is 1.00. The summed E-state index contributed by atoms with van der Waals surface area (Å²) in [4.78, 5) is 2.35. The van der Waals surface area contributed by atoms with E-state index in [-0.39, 0.29) is 6.04 Å². The molecule has 21 heavy (non-hydrogen) atoms. The summed E-state index contributed by atoms with van der Waals surface area (Å²) in [5, 5.41) is 0. The van der Waals surface area contributed by atoms with Gasteiger partial charge < -0.3 is 15.4 Å². The minimum Gasteiger partial charge on any atom is -0.491 e. The van der Waals surface area contributed by atoms with Crippen LogP contribution in [0.1, 0.15) is 30.5 Å². The minimum absolute atomic E-state index is 0.132. The average Bonchev–Trinajstić information content (AvgIpc) is 2.76. The van der Waals surface area contributed by atoms with Gasteiger partial charge in [0.25, 0.3) is 0 Å². The maximum atomic E-state index is 6.08. The van der Waals surface area contributed by atoms with Crippen molar-refractivity contribution >= 4 is 5.69 Å². The maximum Gasteiger partial charge on any atom is 0.124 e. The molecule has 1 atom stereocenters. The van der Waals surface area contributed by atoms with E-state index in [2.05, 4.69) is 48.2 Å². The molecule has 3 nitrogen and oxygen atoms in total. The van der Waals surface area contributed by atoms with Gasteiger partial charge in [-0.05, 0) is 30.2 Å². The van der Waals surface area contributed by atoms with E-state index in [1.807, 2.05) is 12.1 Å². The van der Waals surface area contributed by atoms with Crippen molar-refractivity contribution in [2.24, 2.45) is 5.73 Å². The van der Waals surface area contributed by atoms with Crippen molar-refractivity contribution in [3.8, 4) is 5.75 Å². The van der Waals surface area contributed by atoms with E-state index >= 15 is 0 Å². The molecule has 0 aliphatic carbocycles. The van der Waals surface area contributed by atoms with Gasteiger partial charge >= 0.3 is 0 Å². The van der Waals surface area contributed by atoms with Crippen LogP contribution >= 0.6 is 0 Å². The largest absolute Gasteiger partial charge is 0.491 e. The number of benzene rings is 2. The van der Waals surface area contributed by atoms with Gasteiger partial charge in [-0.1, -0.05) is 37.3 Å². The lowest BCUT2D eigenvalue weighted by Crippen LogP contribution is -2.25. The van der Waals surface area contributed by atoms with Crippen LogP contribution in [0.15, 0.2) is 48.5 Å². The molecular formula is C18H22N2O. The Kier molecular flexibility index (Phi) is 4.11. The third-order valence-electron chi connectivity index (χ3n) is 4.08. The van der Waals surface area contributed by atoms with Crippen molar-refractivity contribution in [2.45, 2.75) is 25.9 Å². The van der Waals surface area contributed by atoms with E-state index < -0.39 is 0 Å². The first-order valence-corrected chi connectivity index (χ1v) is 7.59. The van der Waals surface area contributed by atoms with E-state index in [0.717, 1.165) is 25.3 Å². The lowest BCUT2D eigenvalue weighted by atomic mass is 10.0. The van der Waals surface area contributed by atoms with E-state index in [9.17, 15) is 0 Å². The Balaban J connectivity index is 1.81. The lowest BCUT2D eigenvalue weighted by Gasteiger charge is -2.23. The van der Waals surface area contributed by atoms with Crippen molar-refractivity contribution in [3.63, 3.8) is 0 Å². The highest BCUT2D eigenvalue weighted by Crippen LogP contribution is 2.27. The third kappa shape index (κ3) is 3.03. The fourth-order valence-electron chi connectivity index (χ4n) is 2.71. The van der Waals surface area contributed by atoms with Crippen LogP contribution < -0.4 is 15.4 Å². The molecule has 0 bridgehead atoms. The van der Waals surface area contributed by atoms with Gasteiger partial charge in [-0.25, -0.2) is 0 Å². The lowest BCUT2D eigenvalue weighted by molar-refractivity contribution is 0.331. The molecule has 110 valence electrons. The SMILES string of the molecule is CCC(N)c1ccc(N2CCOc3ccccc3C2)cc1. The highest BCUT2D eigenvalue weighted by atomic mass is 16.5. The van der Waals surface area contributed by atoms with Crippen LogP contribution in [0.4, 0.5) is 5.69 Å². The Hall–Kier alpha value is -2.00. The number of nitrogens with two attached hydrogens (primary N) is 1. The second kappa shape index (κ2) is 6.19. The number of nitrogens with zero attached hydrogens (tertiary/aromatic N) is 1. The number of ether oxygens (including phenoxy) is 1. The van der Waals surface area contributed by atoms with Crippen LogP contribution in [0.3, 0.4) is 0 Å². The molecule has 0 saturated carbocycles. The van der Waals surface area contributed by atoms with Crippen LogP contribution in [-0.4, -0.2) is 13.2 Å². The van der Waals surface area contributed by atoms with Gasteiger partial charge in [0.15, 0.2) is 0 Å². The summed E-state index contributed by atoms with van der Waals surface area (Å²) in [6.45, 7) is 4.61. The van der Waals surface area contributed by atoms with Crippen molar-refractivity contribution in [3.05, 3.63) is 59.7 Å². The molecule has 0 spiro atoms. The molecule has 2 N–H and O–H groups in total. The maximum absolute atomic E-state index is 6.08. The standard InChI is InChI=1S/C18H22N2O/c1-2-17(19)14-7-9-16(10-8-14)20-11-12-21-18-6-4-3-5-15(18)13-20/h3-10,17H,2,11-13,19H2,1H3. The molecule has 2 aromatic rings. The van der Waals surface area contributed by atoms with E-state index in [0.29, 0.717) is 6.61 Å². The molecule has 1 aliphatic heterocycles. The molecule has 0 saturated heterocycles. The predicted octanol–water partition coefficient (Wildman–Crippen LogP) is 3.50. The first kappa shape index (κ1) is 14.0. The zero-order valence-corrected chi connectivity index (χ0v) is 12.5. The van der Waals surface area contributed by atoms with Crippen LogP contribution in [0.5, 0.6) is 5.75 Å². The molecule has 1 aliphatic rings.